The summed E-state index contributed by atoms with van der Waals surface area (Å²) in [5.41, 5.74) is 6.22. The van der Waals surface area contributed by atoms with Gasteiger partial charge in [-0.25, -0.2) is 4.98 Å². The summed E-state index contributed by atoms with van der Waals surface area (Å²) >= 11 is 0. The van der Waals surface area contributed by atoms with E-state index in [4.69, 9.17) is 10.5 Å². The van der Waals surface area contributed by atoms with E-state index in [1.807, 2.05) is 13.0 Å². The van der Waals surface area contributed by atoms with Crippen molar-refractivity contribution in [1.82, 2.24) is 10.3 Å². The van der Waals surface area contributed by atoms with Crippen molar-refractivity contribution >= 4 is 17.5 Å². The molecule has 0 aromatic carbocycles. The van der Waals surface area contributed by atoms with Gasteiger partial charge in [0.2, 0.25) is 0 Å². The molecule has 0 radical (unpaired) electrons. The predicted molar refractivity (Wildman–Crippen MR) is 73.7 cm³/mol. The number of ether oxygens (including phenoxy) is 1. The molecule has 0 spiro atoms. The molecule has 1 aliphatic rings. The summed E-state index contributed by atoms with van der Waals surface area (Å²) < 4.78 is 5.11. The van der Waals surface area contributed by atoms with Gasteiger partial charge < -0.3 is 21.1 Å². The summed E-state index contributed by atoms with van der Waals surface area (Å²) in [4.78, 5) is 16.1. The standard InChI is InChI=1S/C13H20N4O2/c1-2-19-13(18)10-8-15-6-5-11(10)17-12-4-3-9(14)7-16-12/h3-4,7,10-11,15H,2,5-6,8,14H2,1H3,(H,16,17)/t10-,11+/m1/s1. The van der Waals surface area contributed by atoms with E-state index in [-0.39, 0.29) is 17.9 Å². The van der Waals surface area contributed by atoms with E-state index >= 15 is 0 Å². The van der Waals surface area contributed by atoms with Gasteiger partial charge in [-0.1, -0.05) is 0 Å². The number of carbonyl (C=O) groups excluding carboxylic acids is 1. The smallest absolute Gasteiger partial charge is 0.312 e. The molecule has 0 saturated carbocycles. The van der Waals surface area contributed by atoms with Crippen LogP contribution in [-0.4, -0.2) is 36.7 Å². The SMILES string of the molecule is CCOC(=O)[C@@H]1CNCC[C@@H]1Nc1ccc(N)cn1. The molecule has 1 aromatic heterocycles. The number of nitrogens with one attached hydrogen (secondary N) is 2. The van der Waals surface area contributed by atoms with Gasteiger partial charge in [-0.05, 0) is 32.0 Å². The first kappa shape index (κ1) is 13.6. The zero-order valence-corrected chi connectivity index (χ0v) is 11.1. The van der Waals surface area contributed by atoms with Crippen molar-refractivity contribution in [2.75, 3.05) is 30.7 Å². The van der Waals surface area contributed by atoms with Crippen molar-refractivity contribution in [1.29, 1.82) is 0 Å². The van der Waals surface area contributed by atoms with Gasteiger partial charge in [-0.3, -0.25) is 4.79 Å². The summed E-state index contributed by atoms with van der Waals surface area (Å²) in [5, 5.41) is 6.51. The van der Waals surface area contributed by atoms with Crippen LogP contribution in [0.1, 0.15) is 13.3 Å². The molecule has 0 unspecified atom stereocenters. The lowest BCUT2D eigenvalue weighted by atomic mass is 9.93. The average molecular weight is 264 g/mol. The summed E-state index contributed by atoms with van der Waals surface area (Å²) in [6.07, 6.45) is 2.46. The Labute approximate surface area is 112 Å². The third-order valence-corrected chi connectivity index (χ3v) is 3.19. The van der Waals surface area contributed by atoms with E-state index in [1.54, 1.807) is 12.3 Å². The number of hydrogen-bond acceptors (Lipinski definition) is 6. The Kier molecular flexibility index (Phi) is 4.57. The molecule has 2 heterocycles. The Morgan fingerprint density at radius 1 is 1.63 bits per heavy atom. The quantitative estimate of drug-likeness (QED) is 0.691. The van der Waals surface area contributed by atoms with Gasteiger partial charge >= 0.3 is 5.97 Å². The maximum atomic E-state index is 11.9. The zero-order valence-electron chi connectivity index (χ0n) is 11.1. The molecule has 1 aliphatic heterocycles. The van der Waals surface area contributed by atoms with Crippen LogP contribution in [0.25, 0.3) is 0 Å². The Hall–Kier alpha value is -1.82. The number of anilines is 2. The van der Waals surface area contributed by atoms with Crippen molar-refractivity contribution in [3.8, 4) is 0 Å². The summed E-state index contributed by atoms with van der Waals surface area (Å²) in [6.45, 7) is 3.73. The lowest BCUT2D eigenvalue weighted by Gasteiger charge is -2.31. The number of nitrogens with two attached hydrogens (primary N) is 1. The highest BCUT2D eigenvalue weighted by Gasteiger charge is 2.32. The van der Waals surface area contributed by atoms with Crippen LogP contribution in [0.15, 0.2) is 18.3 Å². The molecule has 2 rings (SSSR count). The lowest BCUT2D eigenvalue weighted by Crippen LogP contribution is -2.48. The van der Waals surface area contributed by atoms with Crippen molar-refractivity contribution in [2.24, 2.45) is 5.92 Å². The number of nitrogens with zero attached hydrogens (tertiary/aromatic N) is 1. The van der Waals surface area contributed by atoms with Gasteiger partial charge in [0, 0.05) is 12.6 Å². The second kappa shape index (κ2) is 6.38. The van der Waals surface area contributed by atoms with Gasteiger partial charge in [-0.2, -0.15) is 0 Å². The maximum absolute atomic E-state index is 11.9. The van der Waals surface area contributed by atoms with E-state index in [9.17, 15) is 4.79 Å². The number of nitrogen functional groups attached to an aromatic ring is 1. The molecule has 0 bridgehead atoms. The van der Waals surface area contributed by atoms with Gasteiger partial charge in [-0.15, -0.1) is 0 Å². The number of hydrogen-bond donors (Lipinski definition) is 3. The molecular formula is C13H20N4O2. The molecule has 1 fully saturated rings. The van der Waals surface area contributed by atoms with Crippen LogP contribution in [-0.2, 0) is 9.53 Å². The molecule has 19 heavy (non-hydrogen) atoms. The molecule has 1 saturated heterocycles. The zero-order chi connectivity index (χ0) is 13.7. The highest BCUT2D eigenvalue weighted by atomic mass is 16.5. The van der Waals surface area contributed by atoms with E-state index in [1.165, 1.54) is 0 Å². The third-order valence-electron chi connectivity index (χ3n) is 3.19. The Balaban J connectivity index is 2.03. The first-order chi connectivity index (χ1) is 9.20. The van der Waals surface area contributed by atoms with E-state index < -0.39 is 0 Å². The fraction of sp³-hybridized carbons (Fsp3) is 0.538. The predicted octanol–water partition coefficient (Wildman–Crippen LogP) is 0.617. The fourth-order valence-electron chi connectivity index (χ4n) is 2.21. The summed E-state index contributed by atoms with van der Waals surface area (Å²) in [7, 11) is 0. The molecule has 4 N–H and O–H groups in total. The topological polar surface area (TPSA) is 89.3 Å². The normalized spacial score (nSPS) is 22.8. The molecule has 1 aromatic rings. The van der Waals surface area contributed by atoms with Crippen LogP contribution in [0, 0.1) is 5.92 Å². The van der Waals surface area contributed by atoms with Crippen molar-refractivity contribution in [3.05, 3.63) is 18.3 Å². The molecule has 2 atom stereocenters. The Morgan fingerprint density at radius 3 is 3.16 bits per heavy atom. The number of aromatic nitrogens is 1. The van der Waals surface area contributed by atoms with Crippen LogP contribution in [0.3, 0.4) is 0 Å². The number of carbonyl (C=O) groups is 1. The molecule has 104 valence electrons. The fourth-order valence-corrected chi connectivity index (χ4v) is 2.21. The van der Waals surface area contributed by atoms with Gasteiger partial charge in [0.25, 0.3) is 0 Å². The largest absolute Gasteiger partial charge is 0.466 e. The van der Waals surface area contributed by atoms with Crippen LogP contribution in [0.5, 0.6) is 0 Å². The van der Waals surface area contributed by atoms with E-state index in [0.717, 1.165) is 18.8 Å². The lowest BCUT2D eigenvalue weighted by molar-refractivity contribution is -0.148. The molecule has 6 nitrogen and oxygen atoms in total. The summed E-state index contributed by atoms with van der Waals surface area (Å²) in [5.74, 6) is 0.381. The van der Waals surface area contributed by atoms with Crippen LogP contribution in [0.4, 0.5) is 11.5 Å². The summed E-state index contributed by atoms with van der Waals surface area (Å²) in [6, 6.07) is 3.64. The minimum Gasteiger partial charge on any atom is -0.466 e. The third kappa shape index (κ3) is 3.57. The first-order valence-corrected chi connectivity index (χ1v) is 6.56. The number of esters is 1. The van der Waals surface area contributed by atoms with Crippen LogP contribution in [0.2, 0.25) is 0 Å². The monoisotopic (exact) mass is 264 g/mol. The highest BCUT2D eigenvalue weighted by Crippen LogP contribution is 2.18. The minimum atomic E-state index is -0.187. The van der Waals surface area contributed by atoms with Gasteiger partial charge in [0.15, 0.2) is 0 Å². The van der Waals surface area contributed by atoms with Gasteiger partial charge in [0.1, 0.15) is 5.82 Å². The van der Waals surface area contributed by atoms with E-state index in [0.29, 0.717) is 18.8 Å². The minimum absolute atomic E-state index is 0.0384. The Morgan fingerprint density at radius 2 is 2.47 bits per heavy atom. The van der Waals surface area contributed by atoms with Crippen molar-refractivity contribution in [3.63, 3.8) is 0 Å². The molecule has 0 amide bonds. The molecule has 0 aliphatic carbocycles. The number of rotatable bonds is 4. The first-order valence-electron chi connectivity index (χ1n) is 6.56. The highest BCUT2D eigenvalue weighted by molar-refractivity contribution is 5.74. The van der Waals surface area contributed by atoms with Crippen molar-refractivity contribution in [2.45, 2.75) is 19.4 Å². The number of piperidine rings is 1. The van der Waals surface area contributed by atoms with Gasteiger partial charge in [0.05, 0.1) is 24.4 Å². The second-order valence-corrected chi connectivity index (χ2v) is 4.58. The number of pyridine rings is 1. The van der Waals surface area contributed by atoms with Crippen molar-refractivity contribution < 1.29 is 9.53 Å². The maximum Gasteiger partial charge on any atom is 0.312 e. The molecular weight excluding hydrogens is 244 g/mol. The Bertz CT molecular complexity index is 421. The van der Waals surface area contributed by atoms with Crippen LogP contribution < -0.4 is 16.4 Å². The average Bonchev–Trinajstić information content (AvgIpc) is 2.42. The second-order valence-electron chi connectivity index (χ2n) is 4.58. The molecule has 6 heteroatoms. The van der Waals surface area contributed by atoms with E-state index in [2.05, 4.69) is 15.6 Å². The van der Waals surface area contributed by atoms with Crippen LogP contribution >= 0.6 is 0 Å².